The van der Waals surface area contributed by atoms with Crippen LogP contribution in [0.25, 0.3) is 12.2 Å². The molecule has 0 fully saturated rings. The van der Waals surface area contributed by atoms with Crippen molar-refractivity contribution in [2.24, 2.45) is 17.1 Å². The fourth-order valence-corrected chi connectivity index (χ4v) is 8.37. The van der Waals surface area contributed by atoms with Crippen LogP contribution in [0.5, 0.6) is 0 Å². The third-order valence-electron chi connectivity index (χ3n) is 13.0. The average molecular weight is 1120 g/mol. The molecule has 0 aromatic heterocycles. The zero-order chi connectivity index (χ0) is 60.5. The summed E-state index contributed by atoms with van der Waals surface area (Å²) in [5.41, 5.74) is 9.38. The SMILES string of the molecule is C/C(=C\CN(C)C(=O)C(NC(=O)CC(C)(C)c1cccc(NC(=O)OCc2ccc(NC(=O)CNC(=O)C(NC(=O)CCCCC(=O)N3Cc4ccccc4/C=C\c4ccccc43)C(C)C)cc2)c1)C(C)(C)C)C(=O)O.CCC.CN. The van der Waals surface area contributed by atoms with Gasteiger partial charge in [0.05, 0.1) is 18.8 Å². The van der Waals surface area contributed by atoms with Gasteiger partial charge in [-0.15, -0.1) is 0 Å². The fourth-order valence-electron chi connectivity index (χ4n) is 8.37. The van der Waals surface area contributed by atoms with Gasteiger partial charge < -0.3 is 46.6 Å². The number of nitrogens with one attached hydrogen (secondary N) is 5. The lowest BCUT2D eigenvalue weighted by Crippen LogP contribution is -2.54. The van der Waals surface area contributed by atoms with Gasteiger partial charge in [-0.05, 0) is 102 Å². The number of fused-ring (bicyclic) bond motifs is 2. The summed E-state index contributed by atoms with van der Waals surface area (Å²) in [5.74, 6) is -3.43. The minimum atomic E-state index is -1.08. The number of rotatable bonds is 22. The summed E-state index contributed by atoms with van der Waals surface area (Å²) < 4.78 is 5.46. The summed E-state index contributed by atoms with van der Waals surface area (Å²) in [4.78, 5) is 107. The number of aliphatic carboxylic acids is 1. The van der Waals surface area contributed by atoms with Crippen molar-refractivity contribution in [3.8, 4) is 0 Å². The van der Waals surface area contributed by atoms with Crippen LogP contribution in [-0.2, 0) is 56.9 Å². The molecule has 7 amide bonds. The Morgan fingerprint density at radius 2 is 1.37 bits per heavy atom. The van der Waals surface area contributed by atoms with Crippen molar-refractivity contribution < 1.29 is 48.2 Å². The number of nitrogens with zero attached hydrogens (tertiary/aromatic N) is 2. The molecule has 0 radical (unpaired) electrons. The van der Waals surface area contributed by atoms with E-state index in [9.17, 15) is 43.5 Å². The molecule has 0 spiro atoms. The van der Waals surface area contributed by atoms with Crippen LogP contribution in [0.15, 0.2) is 109 Å². The number of benzene rings is 4. The van der Waals surface area contributed by atoms with Crippen LogP contribution in [0.3, 0.4) is 0 Å². The molecule has 4 aromatic carbocycles. The highest BCUT2D eigenvalue weighted by Gasteiger charge is 2.36. The maximum Gasteiger partial charge on any atom is 0.411 e. The van der Waals surface area contributed by atoms with E-state index in [1.54, 1.807) is 68.3 Å². The Morgan fingerprint density at radius 1 is 0.753 bits per heavy atom. The number of unbranched alkanes of at least 4 members (excludes halogenated alkanes) is 1. The highest BCUT2D eigenvalue weighted by molar-refractivity contribution is 5.98. The second-order valence-electron chi connectivity index (χ2n) is 21.9. The van der Waals surface area contributed by atoms with E-state index in [4.69, 9.17) is 4.74 Å². The molecular weight excluding hydrogens is 1030 g/mol. The zero-order valence-corrected chi connectivity index (χ0v) is 49.4. The number of likely N-dealkylation sites (N-methyl/N-ethyl adjacent to an activating group) is 1. The van der Waals surface area contributed by atoms with Crippen molar-refractivity contribution in [3.05, 3.63) is 137 Å². The van der Waals surface area contributed by atoms with E-state index >= 15 is 0 Å². The minimum Gasteiger partial charge on any atom is -0.478 e. The standard InChI is InChI=1S/C59H73N7O10.C3H8.CH5N/c1-38(2)52(63-48(67)23-14-15-24-51(70)66-36-43-19-11-10-17-41(43)27-28-42-18-12-13-22-47(42)66)54(71)60-35-50(69)61-45-29-25-40(26-30-45)37-76-57(75)62-46-21-16-20-44(33-46)59(7,8)34-49(68)64-53(58(4,5)6)55(72)65(9)32-31-39(3)56(73)74;1-3-2;1-2/h10-13,16-22,25-31,33,38,52-53H,14-15,23-24,32,34-37H2,1-9H3,(H,60,71)(H,61,69)(H,62,75)(H,63,67)(H,64,68)(H,73,74);3H2,1-2H3;2H2,1H3/b28-27-,39-31+;;. The molecule has 2 unspecified atom stereocenters. The quantitative estimate of drug-likeness (QED) is 0.0288. The van der Waals surface area contributed by atoms with Gasteiger partial charge in [-0.25, -0.2) is 9.59 Å². The van der Waals surface area contributed by atoms with Gasteiger partial charge >= 0.3 is 12.1 Å². The highest BCUT2D eigenvalue weighted by Crippen LogP contribution is 2.32. The number of ether oxygens (including phenoxy) is 1. The van der Waals surface area contributed by atoms with Gasteiger partial charge in [0, 0.05) is 49.8 Å². The van der Waals surface area contributed by atoms with Crippen molar-refractivity contribution in [1.82, 2.24) is 20.9 Å². The molecule has 2 atom stereocenters. The van der Waals surface area contributed by atoms with E-state index in [0.29, 0.717) is 36.3 Å². The van der Waals surface area contributed by atoms with Gasteiger partial charge in [0.2, 0.25) is 35.4 Å². The Labute approximate surface area is 478 Å². The first-order chi connectivity index (χ1) is 38.3. The molecule has 8 N–H and O–H groups in total. The van der Waals surface area contributed by atoms with Crippen LogP contribution >= 0.6 is 0 Å². The molecule has 0 saturated heterocycles. The first kappa shape index (κ1) is 67.2. The Bertz CT molecular complexity index is 2840. The summed E-state index contributed by atoms with van der Waals surface area (Å²) in [5, 5.41) is 22.9. The van der Waals surface area contributed by atoms with Crippen molar-refractivity contribution in [2.45, 2.75) is 138 Å². The maximum absolute atomic E-state index is 13.6. The topological polar surface area (TPSA) is 259 Å². The number of nitrogens with two attached hydrogens (primary N) is 1. The third-order valence-corrected chi connectivity index (χ3v) is 13.0. The Hall–Kier alpha value is -8.12. The minimum absolute atomic E-state index is 0.0189. The van der Waals surface area contributed by atoms with Crippen LogP contribution in [0.2, 0.25) is 0 Å². The van der Waals surface area contributed by atoms with Gasteiger partial charge in [-0.3, -0.25) is 34.1 Å². The van der Waals surface area contributed by atoms with E-state index in [0.717, 1.165) is 27.9 Å². The molecule has 5 rings (SSSR count). The second kappa shape index (κ2) is 32.8. The van der Waals surface area contributed by atoms with Crippen molar-refractivity contribution >= 4 is 76.7 Å². The van der Waals surface area contributed by atoms with Gasteiger partial charge in [0.25, 0.3) is 0 Å². The smallest absolute Gasteiger partial charge is 0.411 e. The van der Waals surface area contributed by atoms with Crippen LogP contribution in [-0.4, -0.2) is 96.8 Å². The predicted molar refractivity (Wildman–Crippen MR) is 321 cm³/mol. The van der Waals surface area contributed by atoms with Crippen molar-refractivity contribution in [1.29, 1.82) is 0 Å². The molecule has 1 heterocycles. The third kappa shape index (κ3) is 22.2. The van der Waals surface area contributed by atoms with Crippen LogP contribution < -0.4 is 37.2 Å². The number of hydrogen-bond donors (Lipinski definition) is 7. The number of para-hydroxylation sites is 1. The summed E-state index contributed by atoms with van der Waals surface area (Å²) in [6.45, 7) is 18.6. The molecule has 1 aliphatic heterocycles. The van der Waals surface area contributed by atoms with Crippen LogP contribution in [0.4, 0.5) is 21.9 Å². The monoisotopic (exact) mass is 1110 g/mol. The summed E-state index contributed by atoms with van der Waals surface area (Å²) in [7, 11) is 3.05. The molecule has 18 nitrogen and oxygen atoms in total. The average Bonchev–Trinajstić information content (AvgIpc) is 3.42. The van der Waals surface area contributed by atoms with Crippen LogP contribution in [0, 0.1) is 11.3 Å². The number of carbonyl (C=O) groups excluding carboxylic acids is 7. The summed E-state index contributed by atoms with van der Waals surface area (Å²) in [6, 6.07) is 27.6. The number of carboxylic acids is 1. The molecule has 81 heavy (non-hydrogen) atoms. The van der Waals surface area contributed by atoms with Gasteiger partial charge in [-0.1, -0.05) is 154 Å². The zero-order valence-electron chi connectivity index (χ0n) is 49.4. The summed E-state index contributed by atoms with van der Waals surface area (Å²) in [6.07, 6.45) is 7.37. The summed E-state index contributed by atoms with van der Waals surface area (Å²) >= 11 is 0. The van der Waals surface area contributed by atoms with Crippen molar-refractivity contribution in [2.75, 3.05) is 42.7 Å². The van der Waals surface area contributed by atoms with Gasteiger partial charge in [0.1, 0.15) is 18.7 Å². The van der Waals surface area contributed by atoms with E-state index in [1.807, 2.05) is 95.3 Å². The fraction of sp³-hybridized carbons (Fsp3) is 0.429. The van der Waals surface area contributed by atoms with E-state index < -0.39 is 46.8 Å². The molecular formula is C63H86N8O10. The first-order valence-electron chi connectivity index (χ1n) is 27.5. The molecule has 0 bridgehead atoms. The Kier molecular flexibility index (Phi) is 27.2. The lowest BCUT2D eigenvalue weighted by atomic mass is 9.80. The number of carboxylic acid groups (broad SMARTS) is 1. The Morgan fingerprint density at radius 3 is 2.01 bits per heavy atom. The predicted octanol–water partition coefficient (Wildman–Crippen LogP) is 9.59. The Balaban J connectivity index is 0.00000333. The van der Waals surface area contributed by atoms with Crippen LogP contribution in [0.1, 0.15) is 136 Å². The largest absolute Gasteiger partial charge is 0.478 e. The second-order valence-corrected chi connectivity index (χ2v) is 21.9. The maximum atomic E-state index is 13.6. The number of amides is 7. The molecule has 438 valence electrons. The number of carbonyl (C=O) groups is 8. The van der Waals surface area contributed by atoms with E-state index in [1.165, 1.54) is 31.4 Å². The number of hydrogen-bond acceptors (Lipinski definition) is 10. The first-order valence-corrected chi connectivity index (χ1v) is 27.5. The highest BCUT2D eigenvalue weighted by atomic mass is 16.5. The molecule has 0 aliphatic carbocycles. The molecule has 18 heteroatoms. The molecule has 0 saturated carbocycles. The molecule has 1 aliphatic rings. The lowest BCUT2D eigenvalue weighted by molar-refractivity contribution is -0.138. The van der Waals surface area contributed by atoms with E-state index in [2.05, 4.69) is 52.2 Å². The van der Waals surface area contributed by atoms with Gasteiger partial charge in [-0.2, -0.15) is 0 Å². The molecule has 4 aromatic rings. The lowest BCUT2D eigenvalue weighted by Gasteiger charge is -2.34. The van der Waals surface area contributed by atoms with Crippen molar-refractivity contribution in [3.63, 3.8) is 0 Å². The normalized spacial score (nSPS) is 13.0. The van der Waals surface area contributed by atoms with Gasteiger partial charge in [0.15, 0.2) is 0 Å². The van der Waals surface area contributed by atoms with E-state index in [-0.39, 0.29) is 74.1 Å². The number of anilines is 3.